The second-order valence-corrected chi connectivity index (χ2v) is 6.94. The number of carboxylic acids is 1. The number of hydrogen-bond acceptors (Lipinski definition) is 4. The molecule has 16 heavy (non-hydrogen) atoms. The van der Waals surface area contributed by atoms with Crippen LogP contribution in [0.25, 0.3) is 0 Å². The van der Waals surface area contributed by atoms with Gasteiger partial charge in [-0.2, -0.15) is 0 Å². The molecular weight excluding hydrogens is 230 g/mol. The van der Waals surface area contributed by atoms with Gasteiger partial charge in [-0.05, 0) is 19.3 Å². The predicted octanol–water partition coefficient (Wildman–Crippen LogP) is 0.113. The topological polar surface area (TPSA) is 74.7 Å². The molecule has 1 aliphatic heterocycles. The Morgan fingerprint density at radius 1 is 1.25 bits per heavy atom. The summed E-state index contributed by atoms with van der Waals surface area (Å²) in [5, 5.41) is 8.85. The van der Waals surface area contributed by atoms with Crippen LogP contribution in [-0.2, 0) is 14.6 Å². The normalized spacial score (nSPS) is 29.2. The number of rotatable bonds is 4. The van der Waals surface area contributed by atoms with E-state index in [-0.39, 0.29) is 30.1 Å². The van der Waals surface area contributed by atoms with Crippen LogP contribution < -0.4 is 0 Å². The average molecular weight is 247 g/mol. The summed E-state index contributed by atoms with van der Waals surface area (Å²) in [6.07, 6.45) is 3.72. The molecule has 1 saturated heterocycles. The number of carbonyl (C=O) groups is 1. The molecule has 2 rings (SSSR count). The van der Waals surface area contributed by atoms with Gasteiger partial charge in [0.05, 0.1) is 18.1 Å². The van der Waals surface area contributed by atoms with Crippen LogP contribution in [0.5, 0.6) is 0 Å². The highest BCUT2D eigenvalue weighted by Gasteiger charge is 2.38. The molecule has 5 nitrogen and oxygen atoms in total. The van der Waals surface area contributed by atoms with Gasteiger partial charge in [0, 0.05) is 12.1 Å². The number of nitrogens with zero attached hydrogens (tertiary/aromatic N) is 1. The lowest BCUT2D eigenvalue weighted by Crippen LogP contribution is -2.49. The molecule has 0 bridgehead atoms. The number of carboxylic acid groups (broad SMARTS) is 1. The standard InChI is InChI=1S/C10H17NO4S/c12-10(13)6-11(8-2-1-3-8)9-4-5-16(14,15)7-9/h8-9H,1-7H2,(H,12,13). The van der Waals surface area contributed by atoms with Crippen LogP contribution in [0, 0.1) is 0 Å². The molecule has 1 saturated carbocycles. The van der Waals surface area contributed by atoms with Crippen molar-refractivity contribution in [3.8, 4) is 0 Å². The van der Waals surface area contributed by atoms with E-state index in [1.165, 1.54) is 0 Å². The van der Waals surface area contributed by atoms with E-state index in [9.17, 15) is 13.2 Å². The Morgan fingerprint density at radius 2 is 1.94 bits per heavy atom. The number of aliphatic carboxylic acids is 1. The van der Waals surface area contributed by atoms with Crippen LogP contribution >= 0.6 is 0 Å². The molecule has 0 amide bonds. The van der Waals surface area contributed by atoms with Crippen molar-refractivity contribution in [2.24, 2.45) is 0 Å². The summed E-state index contributed by atoms with van der Waals surface area (Å²) in [6, 6.07) is 0.209. The minimum Gasteiger partial charge on any atom is -0.480 e. The van der Waals surface area contributed by atoms with Crippen LogP contribution in [0.1, 0.15) is 25.7 Å². The van der Waals surface area contributed by atoms with Crippen LogP contribution in [0.4, 0.5) is 0 Å². The van der Waals surface area contributed by atoms with Gasteiger partial charge in [0.15, 0.2) is 9.84 Å². The molecule has 0 aromatic rings. The summed E-state index contributed by atoms with van der Waals surface area (Å²) in [7, 11) is -2.93. The summed E-state index contributed by atoms with van der Waals surface area (Å²) in [4.78, 5) is 12.7. The van der Waals surface area contributed by atoms with Gasteiger partial charge in [0.25, 0.3) is 0 Å². The monoisotopic (exact) mass is 247 g/mol. The van der Waals surface area contributed by atoms with Crippen molar-refractivity contribution in [1.29, 1.82) is 0 Å². The Balaban J connectivity index is 2.04. The zero-order valence-corrected chi connectivity index (χ0v) is 9.95. The summed E-state index contributed by atoms with van der Waals surface area (Å²) in [5.41, 5.74) is 0. The maximum atomic E-state index is 11.4. The van der Waals surface area contributed by atoms with Crippen molar-refractivity contribution in [2.45, 2.75) is 37.8 Å². The molecule has 2 fully saturated rings. The van der Waals surface area contributed by atoms with Gasteiger partial charge in [0.1, 0.15) is 0 Å². The Kier molecular flexibility index (Phi) is 3.21. The molecule has 0 spiro atoms. The van der Waals surface area contributed by atoms with E-state index in [0.717, 1.165) is 19.3 Å². The van der Waals surface area contributed by atoms with Crippen LogP contribution in [0.15, 0.2) is 0 Å². The fourth-order valence-corrected chi connectivity index (χ4v) is 4.21. The van der Waals surface area contributed by atoms with Gasteiger partial charge < -0.3 is 5.11 Å². The van der Waals surface area contributed by atoms with Gasteiger partial charge in [-0.3, -0.25) is 9.69 Å². The van der Waals surface area contributed by atoms with Gasteiger partial charge >= 0.3 is 5.97 Å². The smallest absolute Gasteiger partial charge is 0.317 e. The van der Waals surface area contributed by atoms with Crippen molar-refractivity contribution in [3.05, 3.63) is 0 Å². The Bertz CT molecular complexity index is 374. The van der Waals surface area contributed by atoms with E-state index in [1.54, 1.807) is 0 Å². The first-order valence-electron chi connectivity index (χ1n) is 5.66. The van der Waals surface area contributed by atoms with Crippen molar-refractivity contribution < 1.29 is 18.3 Å². The molecule has 2 aliphatic rings. The Labute approximate surface area is 95.4 Å². The fourth-order valence-electron chi connectivity index (χ4n) is 2.47. The van der Waals surface area contributed by atoms with Crippen molar-refractivity contribution in [3.63, 3.8) is 0 Å². The van der Waals surface area contributed by atoms with E-state index < -0.39 is 15.8 Å². The summed E-state index contributed by atoms with van der Waals surface area (Å²) < 4.78 is 22.8. The SMILES string of the molecule is O=C(O)CN(C1CCC1)C1CCS(=O)(=O)C1. The molecule has 6 heteroatoms. The highest BCUT2D eigenvalue weighted by Crippen LogP contribution is 2.29. The molecule has 92 valence electrons. The highest BCUT2D eigenvalue weighted by atomic mass is 32.2. The van der Waals surface area contributed by atoms with Gasteiger partial charge in [-0.1, -0.05) is 6.42 Å². The van der Waals surface area contributed by atoms with Gasteiger partial charge in [0.2, 0.25) is 0 Å². The first-order valence-corrected chi connectivity index (χ1v) is 7.48. The molecule has 0 aromatic carbocycles. The lowest BCUT2D eigenvalue weighted by molar-refractivity contribution is -0.140. The minimum absolute atomic E-state index is 0.0230. The van der Waals surface area contributed by atoms with Gasteiger partial charge in [-0.25, -0.2) is 8.42 Å². The molecule has 0 radical (unpaired) electrons. The number of sulfone groups is 1. The quantitative estimate of drug-likeness (QED) is 0.763. The summed E-state index contributed by atoms with van der Waals surface area (Å²) in [6.45, 7) is -0.0230. The molecule has 1 atom stereocenters. The first-order chi connectivity index (χ1) is 7.48. The second-order valence-electron chi connectivity index (χ2n) is 4.71. The number of hydrogen-bond donors (Lipinski definition) is 1. The van der Waals surface area contributed by atoms with Gasteiger partial charge in [-0.15, -0.1) is 0 Å². The largest absolute Gasteiger partial charge is 0.480 e. The molecule has 1 aliphatic carbocycles. The van der Waals surface area contributed by atoms with E-state index in [0.29, 0.717) is 6.42 Å². The third-order valence-electron chi connectivity index (χ3n) is 3.54. The van der Waals surface area contributed by atoms with Crippen molar-refractivity contribution in [2.75, 3.05) is 18.1 Å². The zero-order valence-electron chi connectivity index (χ0n) is 9.13. The minimum atomic E-state index is -2.93. The van der Waals surface area contributed by atoms with Crippen molar-refractivity contribution in [1.82, 2.24) is 4.90 Å². The predicted molar refractivity (Wildman–Crippen MR) is 59.0 cm³/mol. The van der Waals surface area contributed by atoms with E-state index in [1.807, 2.05) is 4.90 Å². The van der Waals surface area contributed by atoms with Crippen molar-refractivity contribution >= 4 is 15.8 Å². The van der Waals surface area contributed by atoms with Crippen LogP contribution in [0.2, 0.25) is 0 Å². The van der Waals surface area contributed by atoms with E-state index in [2.05, 4.69) is 0 Å². The molecule has 1 N–H and O–H groups in total. The van der Waals surface area contributed by atoms with E-state index in [4.69, 9.17) is 5.11 Å². The average Bonchev–Trinajstić information content (AvgIpc) is 2.41. The van der Waals surface area contributed by atoms with E-state index >= 15 is 0 Å². The molecule has 1 unspecified atom stereocenters. The summed E-state index contributed by atoms with van der Waals surface area (Å²) >= 11 is 0. The first kappa shape index (κ1) is 11.9. The molecule has 1 heterocycles. The zero-order chi connectivity index (χ0) is 11.8. The Hall–Kier alpha value is -0.620. The lowest BCUT2D eigenvalue weighted by atomic mass is 9.90. The fraction of sp³-hybridized carbons (Fsp3) is 0.900. The summed E-state index contributed by atoms with van der Waals surface area (Å²) in [5.74, 6) is -0.520. The second kappa shape index (κ2) is 4.33. The highest BCUT2D eigenvalue weighted by molar-refractivity contribution is 7.91. The molecule has 0 aromatic heterocycles. The van der Waals surface area contributed by atoms with Crippen LogP contribution in [-0.4, -0.2) is 54.5 Å². The third kappa shape index (κ3) is 2.55. The Morgan fingerprint density at radius 3 is 2.31 bits per heavy atom. The maximum Gasteiger partial charge on any atom is 0.317 e. The maximum absolute atomic E-state index is 11.4. The molecular formula is C10H17NO4S. The van der Waals surface area contributed by atoms with Crippen LogP contribution in [0.3, 0.4) is 0 Å². The lowest BCUT2D eigenvalue weighted by Gasteiger charge is -2.39. The third-order valence-corrected chi connectivity index (χ3v) is 5.29.